The van der Waals surface area contributed by atoms with Crippen LogP contribution in [-0.4, -0.2) is 35.7 Å². The van der Waals surface area contributed by atoms with Gasteiger partial charge >= 0.3 is 0 Å². The summed E-state index contributed by atoms with van der Waals surface area (Å²) in [6.07, 6.45) is 3.86. The fraction of sp³-hybridized carbons (Fsp3) is 0.200. The topological polar surface area (TPSA) is 80.2 Å². The van der Waals surface area contributed by atoms with Crippen LogP contribution in [0, 0.1) is 5.82 Å². The molecule has 0 unspecified atom stereocenters. The molecule has 0 saturated carbocycles. The number of aliphatic imine (C=N–C) groups is 1. The van der Waals surface area contributed by atoms with Crippen molar-refractivity contribution in [1.29, 1.82) is 0 Å². The van der Waals surface area contributed by atoms with Crippen LogP contribution >= 0.6 is 15.9 Å². The molecule has 2 atom stereocenters. The molecule has 4 aromatic carbocycles. The Kier molecular flexibility index (Phi) is 10.0. The molecule has 0 aliphatic carbocycles. The van der Waals surface area contributed by atoms with E-state index >= 15 is 0 Å². The molecule has 220 valence electrons. The summed E-state index contributed by atoms with van der Waals surface area (Å²) in [5.74, 6) is 0.194. The number of rotatable bonds is 12. The Morgan fingerprint density at radius 3 is 2.47 bits per heavy atom. The average molecular weight is 644 g/mol. The maximum Gasteiger partial charge on any atom is 0.252 e. The number of hydrogen-bond donors (Lipinski definition) is 2. The molecule has 43 heavy (non-hydrogen) atoms. The van der Waals surface area contributed by atoms with Crippen LogP contribution in [0.25, 0.3) is 6.08 Å². The van der Waals surface area contributed by atoms with E-state index in [4.69, 9.17) is 19.6 Å². The number of benzene rings is 4. The van der Waals surface area contributed by atoms with E-state index < -0.39 is 17.5 Å². The van der Waals surface area contributed by atoms with E-state index in [1.54, 1.807) is 30.3 Å². The van der Waals surface area contributed by atoms with Gasteiger partial charge in [0.25, 0.3) is 5.91 Å². The second kappa shape index (κ2) is 14.3. The fourth-order valence-corrected chi connectivity index (χ4v) is 5.38. The quantitative estimate of drug-likeness (QED) is 0.163. The van der Waals surface area contributed by atoms with Gasteiger partial charge in [-0.05, 0) is 42.0 Å². The van der Waals surface area contributed by atoms with Crippen molar-refractivity contribution in [1.82, 2.24) is 5.32 Å². The first kappa shape index (κ1) is 30.2. The van der Waals surface area contributed by atoms with E-state index in [-0.39, 0.29) is 25.5 Å². The Bertz CT molecular complexity index is 1590. The maximum atomic E-state index is 14.5. The van der Waals surface area contributed by atoms with Crippen molar-refractivity contribution in [3.63, 3.8) is 0 Å². The number of aliphatic hydroxyl groups is 1. The van der Waals surface area contributed by atoms with Crippen molar-refractivity contribution in [2.24, 2.45) is 4.99 Å². The van der Waals surface area contributed by atoms with Crippen molar-refractivity contribution in [2.75, 3.05) is 13.2 Å². The number of carbonyl (C=O) groups is 1. The summed E-state index contributed by atoms with van der Waals surface area (Å²) in [7, 11) is 0. The van der Waals surface area contributed by atoms with Gasteiger partial charge in [0.1, 0.15) is 11.6 Å². The van der Waals surface area contributed by atoms with Crippen LogP contribution in [-0.2, 0) is 16.1 Å². The van der Waals surface area contributed by atoms with E-state index in [1.807, 2.05) is 78.9 Å². The Balaban J connectivity index is 1.54. The lowest BCUT2D eigenvalue weighted by Crippen LogP contribution is -2.48. The molecule has 4 aromatic rings. The third-order valence-corrected chi connectivity index (χ3v) is 7.88. The molecule has 0 saturated heterocycles. The zero-order valence-electron chi connectivity index (χ0n) is 23.5. The van der Waals surface area contributed by atoms with Crippen molar-refractivity contribution in [2.45, 2.75) is 31.0 Å². The fourth-order valence-electron chi connectivity index (χ4n) is 4.89. The van der Waals surface area contributed by atoms with E-state index in [0.29, 0.717) is 35.8 Å². The van der Waals surface area contributed by atoms with Gasteiger partial charge in [-0.25, -0.2) is 9.38 Å². The number of amides is 1. The minimum atomic E-state index is -1.40. The van der Waals surface area contributed by atoms with E-state index in [1.165, 1.54) is 6.07 Å². The molecule has 1 heterocycles. The van der Waals surface area contributed by atoms with Gasteiger partial charge in [-0.15, -0.1) is 0 Å². The SMILES string of the molecule is O=C(NCc1ccccc1F)[C@]1(C/C=C/c2ccccc2)N=C(c2ccc(OCCCO)cc2)O[C@@H]1c1ccccc1Br. The first-order chi connectivity index (χ1) is 21.0. The summed E-state index contributed by atoms with van der Waals surface area (Å²) < 4.78 is 27.5. The summed E-state index contributed by atoms with van der Waals surface area (Å²) >= 11 is 3.65. The maximum absolute atomic E-state index is 14.5. The van der Waals surface area contributed by atoms with Crippen LogP contribution in [0.1, 0.15) is 41.2 Å². The largest absolute Gasteiger partial charge is 0.494 e. The Morgan fingerprint density at radius 1 is 1.00 bits per heavy atom. The number of hydrogen-bond acceptors (Lipinski definition) is 5. The summed E-state index contributed by atoms with van der Waals surface area (Å²) in [5.41, 5.74) is 1.41. The molecule has 5 rings (SSSR count). The van der Waals surface area contributed by atoms with Crippen LogP contribution in [0.2, 0.25) is 0 Å². The molecule has 0 radical (unpaired) electrons. The van der Waals surface area contributed by atoms with Gasteiger partial charge in [-0.3, -0.25) is 4.79 Å². The highest BCUT2D eigenvalue weighted by molar-refractivity contribution is 9.10. The van der Waals surface area contributed by atoms with Crippen molar-refractivity contribution >= 4 is 33.8 Å². The van der Waals surface area contributed by atoms with E-state index in [0.717, 1.165) is 15.6 Å². The highest BCUT2D eigenvalue weighted by Crippen LogP contribution is 2.45. The monoisotopic (exact) mass is 642 g/mol. The highest BCUT2D eigenvalue weighted by atomic mass is 79.9. The zero-order valence-corrected chi connectivity index (χ0v) is 25.0. The predicted octanol–water partition coefficient (Wildman–Crippen LogP) is 7.03. The zero-order chi connectivity index (χ0) is 30.1. The number of ether oxygens (including phenoxy) is 2. The van der Waals surface area contributed by atoms with Gasteiger partial charge in [-0.1, -0.05) is 94.8 Å². The minimum Gasteiger partial charge on any atom is -0.494 e. The van der Waals surface area contributed by atoms with Gasteiger partial charge in [0.15, 0.2) is 11.6 Å². The predicted molar refractivity (Wildman–Crippen MR) is 169 cm³/mol. The molecular formula is C35H32BrFN2O4. The first-order valence-corrected chi connectivity index (χ1v) is 14.9. The lowest BCUT2D eigenvalue weighted by molar-refractivity contribution is -0.129. The number of nitrogens with one attached hydrogen (secondary N) is 1. The first-order valence-electron chi connectivity index (χ1n) is 14.1. The second-order valence-electron chi connectivity index (χ2n) is 10.1. The van der Waals surface area contributed by atoms with Crippen LogP contribution in [0.5, 0.6) is 5.75 Å². The van der Waals surface area contributed by atoms with Crippen LogP contribution in [0.3, 0.4) is 0 Å². The molecule has 6 nitrogen and oxygen atoms in total. The molecular weight excluding hydrogens is 611 g/mol. The molecule has 1 aliphatic rings. The Hall–Kier alpha value is -4.27. The van der Waals surface area contributed by atoms with Crippen molar-refractivity contribution in [3.8, 4) is 5.75 Å². The van der Waals surface area contributed by atoms with Gasteiger partial charge < -0.3 is 19.9 Å². The van der Waals surface area contributed by atoms with Crippen LogP contribution in [0.15, 0.2) is 119 Å². The average Bonchev–Trinajstić information content (AvgIpc) is 3.42. The molecule has 2 N–H and O–H groups in total. The molecule has 1 amide bonds. The Morgan fingerprint density at radius 2 is 1.72 bits per heavy atom. The molecule has 8 heteroatoms. The summed E-state index contributed by atoms with van der Waals surface area (Å²) in [6, 6.07) is 31.0. The standard InChI is InChI=1S/C35H32BrFN2O4/c36-30-15-6-5-14-29(30)32-35(21-8-12-25-10-2-1-3-11-25,34(41)38-24-27-13-4-7-16-31(27)37)39-33(43-32)26-17-19-28(20-18-26)42-23-9-22-40/h1-8,10-20,32,40H,9,21-24H2,(H,38,41)/b12-8+/t32-,35-/m1/s1. The van der Waals surface area contributed by atoms with Gasteiger partial charge in [0, 0.05) is 47.2 Å². The molecule has 0 aromatic heterocycles. The summed E-state index contributed by atoms with van der Waals surface area (Å²) in [4.78, 5) is 19.3. The van der Waals surface area contributed by atoms with Gasteiger partial charge in [-0.2, -0.15) is 0 Å². The van der Waals surface area contributed by atoms with E-state index in [2.05, 4.69) is 21.2 Å². The third kappa shape index (κ3) is 7.21. The second-order valence-corrected chi connectivity index (χ2v) is 11.0. The lowest BCUT2D eigenvalue weighted by Gasteiger charge is -2.30. The van der Waals surface area contributed by atoms with Gasteiger partial charge in [0.05, 0.1) is 6.61 Å². The number of nitrogens with zero attached hydrogens (tertiary/aromatic N) is 1. The van der Waals surface area contributed by atoms with Crippen LogP contribution in [0.4, 0.5) is 4.39 Å². The number of aliphatic hydroxyl groups excluding tert-OH is 1. The number of halogens is 2. The lowest BCUT2D eigenvalue weighted by atomic mass is 9.84. The van der Waals surface area contributed by atoms with Crippen molar-refractivity contribution < 1.29 is 23.8 Å². The summed E-state index contributed by atoms with van der Waals surface area (Å²) in [6.45, 7) is 0.457. The smallest absolute Gasteiger partial charge is 0.252 e. The van der Waals surface area contributed by atoms with E-state index in [9.17, 15) is 9.18 Å². The highest BCUT2D eigenvalue weighted by Gasteiger charge is 2.53. The summed E-state index contributed by atoms with van der Waals surface area (Å²) in [5, 5.41) is 12.0. The molecule has 0 fully saturated rings. The normalized spacial score (nSPS) is 17.8. The molecule has 1 aliphatic heterocycles. The molecule has 0 bridgehead atoms. The number of carbonyl (C=O) groups excluding carboxylic acids is 1. The third-order valence-electron chi connectivity index (χ3n) is 7.15. The minimum absolute atomic E-state index is 0.00304. The molecule has 0 spiro atoms. The van der Waals surface area contributed by atoms with Gasteiger partial charge in [0.2, 0.25) is 5.90 Å². The van der Waals surface area contributed by atoms with Crippen molar-refractivity contribution in [3.05, 3.63) is 142 Å². The Labute approximate surface area is 259 Å². The van der Waals surface area contributed by atoms with Crippen LogP contribution < -0.4 is 10.1 Å².